The van der Waals surface area contributed by atoms with Gasteiger partial charge < -0.3 is 24.4 Å². The minimum atomic E-state index is -1.40. The number of aromatic hydroxyl groups is 1. The third kappa shape index (κ3) is 3.64. The number of benzene rings is 1. The van der Waals surface area contributed by atoms with Crippen LogP contribution in [0.15, 0.2) is 17.9 Å². The maximum atomic E-state index is 11.0. The maximum Gasteiger partial charge on any atom is 0.371 e. The standard InChI is InChI=1S/C13H14O7/c1-7(14)20-11(13(16)17)6-8-4-9(18-2)12(15)10(5-8)19-3/h4-6,15H,1-3H3,(H,16,17)/b11-6-. The molecular formula is C13H14O7. The van der Waals surface area contributed by atoms with Crippen LogP contribution in [-0.2, 0) is 14.3 Å². The third-order valence-corrected chi connectivity index (χ3v) is 2.26. The predicted octanol–water partition coefficient (Wildman–Crippen LogP) is 1.40. The van der Waals surface area contributed by atoms with E-state index in [4.69, 9.17) is 14.6 Å². The Bertz CT molecular complexity index is 535. The van der Waals surface area contributed by atoms with Gasteiger partial charge in [0, 0.05) is 6.92 Å². The van der Waals surface area contributed by atoms with Crippen LogP contribution in [0.5, 0.6) is 17.2 Å². The summed E-state index contributed by atoms with van der Waals surface area (Å²) >= 11 is 0. The number of carboxylic acids is 1. The minimum Gasteiger partial charge on any atom is -0.502 e. The van der Waals surface area contributed by atoms with Gasteiger partial charge in [-0.2, -0.15) is 0 Å². The van der Waals surface area contributed by atoms with Gasteiger partial charge in [-0.05, 0) is 23.8 Å². The minimum absolute atomic E-state index is 0.100. The Morgan fingerprint density at radius 3 is 2.00 bits per heavy atom. The fraction of sp³-hybridized carbons (Fsp3) is 0.231. The number of aliphatic carboxylic acids is 1. The molecule has 2 N–H and O–H groups in total. The molecule has 1 rings (SSSR count). The molecule has 0 atom stereocenters. The normalized spacial score (nSPS) is 10.8. The number of phenols is 1. The zero-order valence-electron chi connectivity index (χ0n) is 11.2. The molecular weight excluding hydrogens is 268 g/mol. The lowest BCUT2D eigenvalue weighted by atomic mass is 10.1. The van der Waals surface area contributed by atoms with Gasteiger partial charge in [0.15, 0.2) is 11.5 Å². The molecule has 0 aliphatic heterocycles. The second kappa shape index (κ2) is 6.46. The van der Waals surface area contributed by atoms with Crippen molar-refractivity contribution < 1.29 is 34.0 Å². The summed E-state index contributed by atoms with van der Waals surface area (Å²) in [4.78, 5) is 21.8. The van der Waals surface area contributed by atoms with Gasteiger partial charge in [0.1, 0.15) is 0 Å². The lowest BCUT2D eigenvalue weighted by molar-refractivity contribution is -0.146. The van der Waals surface area contributed by atoms with E-state index in [1.165, 1.54) is 26.4 Å². The molecule has 0 radical (unpaired) electrons. The Kier molecular flexibility index (Phi) is 4.96. The van der Waals surface area contributed by atoms with Gasteiger partial charge in [-0.15, -0.1) is 0 Å². The van der Waals surface area contributed by atoms with Crippen molar-refractivity contribution >= 4 is 18.0 Å². The summed E-state index contributed by atoms with van der Waals surface area (Å²) in [5.41, 5.74) is 0.329. The number of esters is 1. The number of ether oxygens (including phenoxy) is 3. The second-order valence-corrected chi connectivity index (χ2v) is 3.68. The van der Waals surface area contributed by atoms with E-state index in [0.29, 0.717) is 5.56 Å². The molecule has 0 aliphatic rings. The van der Waals surface area contributed by atoms with Crippen molar-refractivity contribution in [3.05, 3.63) is 23.5 Å². The maximum absolute atomic E-state index is 11.0. The average Bonchev–Trinajstić information content (AvgIpc) is 2.38. The monoisotopic (exact) mass is 282 g/mol. The van der Waals surface area contributed by atoms with Crippen LogP contribution in [0.1, 0.15) is 12.5 Å². The van der Waals surface area contributed by atoms with Crippen LogP contribution >= 0.6 is 0 Å². The number of carbonyl (C=O) groups is 2. The summed E-state index contributed by atoms with van der Waals surface area (Å²) in [5.74, 6) is -2.71. The summed E-state index contributed by atoms with van der Waals surface area (Å²) in [6.45, 7) is 1.09. The van der Waals surface area contributed by atoms with Crippen molar-refractivity contribution in [3.63, 3.8) is 0 Å². The van der Waals surface area contributed by atoms with Gasteiger partial charge in [-0.1, -0.05) is 0 Å². The Labute approximate surface area is 115 Å². The molecule has 108 valence electrons. The van der Waals surface area contributed by atoms with E-state index in [2.05, 4.69) is 4.74 Å². The molecule has 0 spiro atoms. The van der Waals surface area contributed by atoms with E-state index in [1.54, 1.807) is 0 Å². The van der Waals surface area contributed by atoms with Gasteiger partial charge >= 0.3 is 11.9 Å². The van der Waals surface area contributed by atoms with Gasteiger partial charge in [-0.3, -0.25) is 4.79 Å². The molecule has 0 amide bonds. The lowest BCUT2D eigenvalue weighted by Gasteiger charge is -2.10. The van der Waals surface area contributed by atoms with Crippen molar-refractivity contribution in [1.29, 1.82) is 0 Å². The summed E-state index contributed by atoms with van der Waals surface area (Å²) in [7, 11) is 2.68. The Morgan fingerprint density at radius 1 is 1.15 bits per heavy atom. The van der Waals surface area contributed by atoms with Crippen molar-refractivity contribution in [2.45, 2.75) is 6.92 Å². The molecule has 0 saturated carbocycles. The Hall–Kier alpha value is -2.70. The molecule has 7 nitrogen and oxygen atoms in total. The number of hydrogen-bond donors (Lipinski definition) is 2. The molecule has 0 unspecified atom stereocenters. The highest BCUT2D eigenvalue weighted by atomic mass is 16.6. The van der Waals surface area contributed by atoms with Crippen molar-refractivity contribution in [3.8, 4) is 17.2 Å². The number of phenolic OH excluding ortho intramolecular Hbond substituents is 1. The SMILES string of the molecule is COc1cc(/C=C(\OC(C)=O)C(=O)O)cc(OC)c1O. The first-order valence-corrected chi connectivity index (χ1v) is 5.47. The van der Waals surface area contributed by atoms with Crippen LogP contribution in [0.25, 0.3) is 6.08 Å². The predicted molar refractivity (Wildman–Crippen MR) is 68.6 cm³/mol. The number of methoxy groups -OCH3 is 2. The quantitative estimate of drug-likeness (QED) is 0.478. The molecule has 0 heterocycles. The average molecular weight is 282 g/mol. The highest BCUT2D eigenvalue weighted by Crippen LogP contribution is 2.37. The molecule has 0 bridgehead atoms. The fourth-order valence-corrected chi connectivity index (χ4v) is 1.44. The smallest absolute Gasteiger partial charge is 0.371 e. The molecule has 0 aliphatic carbocycles. The van der Waals surface area contributed by atoms with E-state index in [-0.39, 0.29) is 17.2 Å². The highest BCUT2D eigenvalue weighted by molar-refractivity contribution is 5.92. The Balaban J connectivity index is 3.30. The molecule has 1 aromatic rings. The molecule has 7 heteroatoms. The van der Waals surface area contributed by atoms with Gasteiger partial charge in [0.2, 0.25) is 11.5 Å². The van der Waals surface area contributed by atoms with Crippen molar-refractivity contribution in [1.82, 2.24) is 0 Å². The first-order chi connectivity index (χ1) is 9.38. The molecule has 20 heavy (non-hydrogen) atoms. The third-order valence-electron chi connectivity index (χ3n) is 2.26. The van der Waals surface area contributed by atoms with E-state index in [9.17, 15) is 14.7 Å². The van der Waals surface area contributed by atoms with E-state index >= 15 is 0 Å². The van der Waals surface area contributed by atoms with Gasteiger partial charge in [0.25, 0.3) is 0 Å². The largest absolute Gasteiger partial charge is 0.502 e. The molecule has 0 fully saturated rings. The topological polar surface area (TPSA) is 102 Å². The van der Waals surface area contributed by atoms with Crippen LogP contribution in [0.4, 0.5) is 0 Å². The fourth-order valence-electron chi connectivity index (χ4n) is 1.44. The second-order valence-electron chi connectivity index (χ2n) is 3.68. The van der Waals surface area contributed by atoms with Crippen LogP contribution < -0.4 is 9.47 Å². The van der Waals surface area contributed by atoms with Crippen LogP contribution in [0, 0.1) is 0 Å². The number of carbonyl (C=O) groups excluding carboxylic acids is 1. The van der Waals surface area contributed by atoms with E-state index < -0.39 is 17.7 Å². The number of hydrogen-bond acceptors (Lipinski definition) is 6. The zero-order chi connectivity index (χ0) is 15.3. The molecule has 0 saturated heterocycles. The van der Waals surface area contributed by atoms with E-state index in [1.807, 2.05) is 0 Å². The van der Waals surface area contributed by atoms with Crippen LogP contribution in [0.3, 0.4) is 0 Å². The summed E-state index contributed by atoms with van der Waals surface area (Å²) in [6, 6.07) is 2.76. The van der Waals surface area contributed by atoms with Gasteiger partial charge in [0.05, 0.1) is 14.2 Å². The van der Waals surface area contributed by atoms with Gasteiger partial charge in [-0.25, -0.2) is 4.79 Å². The van der Waals surface area contributed by atoms with E-state index in [0.717, 1.165) is 13.0 Å². The summed E-state index contributed by atoms with van der Waals surface area (Å²) < 4.78 is 14.4. The first kappa shape index (κ1) is 15.4. The molecule has 0 aromatic heterocycles. The number of carboxylic acid groups (broad SMARTS) is 1. The first-order valence-electron chi connectivity index (χ1n) is 5.47. The van der Waals surface area contributed by atoms with Crippen LogP contribution in [-0.4, -0.2) is 36.4 Å². The summed E-state index contributed by atoms with van der Waals surface area (Å²) in [6.07, 6.45) is 1.12. The highest BCUT2D eigenvalue weighted by Gasteiger charge is 2.15. The lowest BCUT2D eigenvalue weighted by Crippen LogP contribution is -2.08. The van der Waals surface area contributed by atoms with Crippen molar-refractivity contribution in [2.24, 2.45) is 0 Å². The summed E-state index contributed by atoms with van der Waals surface area (Å²) in [5, 5.41) is 18.7. The Morgan fingerprint density at radius 2 is 1.65 bits per heavy atom. The van der Waals surface area contributed by atoms with Crippen molar-refractivity contribution in [2.75, 3.05) is 14.2 Å². The number of rotatable bonds is 5. The zero-order valence-corrected chi connectivity index (χ0v) is 11.2. The molecule has 1 aromatic carbocycles. The van der Waals surface area contributed by atoms with Crippen LogP contribution in [0.2, 0.25) is 0 Å².